The maximum atomic E-state index is 4.26. The van der Waals surface area contributed by atoms with Crippen LogP contribution in [0.2, 0.25) is 0 Å². The van der Waals surface area contributed by atoms with E-state index in [-0.39, 0.29) is 0 Å². The lowest BCUT2D eigenvalue weighted by molar-refractivity contribution is 0.580. The molecule has 0 radical (unpaired) electrons. The van der Waals surface area contributed by atoms with Gasteiger partial charge in [0, 0.05) is 36.2 Å². The summed E-state index contributed by atoms with van der Waals surface area (Å²) in [6.07, 6.45) is 3.58. The van der Waals surface area contributed by atoms with Crippen LogP contribution in [-0.2, 0) is 6.54 Å². The van der Waals surface area contributed by atoms with E-state index in [9.17, 15) is 0 Å². The number of nitrogens with one attached hydrogen (secondary N) is 2. The van der Waals surface area contributed by atoms with E-state index in [1.807, 2.05) is 24.4 Å². The molecule has 0 aliphatic carbocycles. The summed E-state index contributed by atoms with van der Waals surface area (Å²) in [7, 11) is 0. The third-order valence-electron chi connectivity index (χ3n) is 2.29. The Hall–Kier alpha value is -1.68. The van der Waals surface area contributed by atoms with E-state index in [2.05, 4.69) is 34.3 Å². The molecule has 0 unspecified atom stereocenters. The Morgan fingerprint density at radius 1 is 1.44 bits per heavy atom. The molecule has 0 aromatic carbocycles. The summed E-state index contributed by atoms with van der Waals surface area (Å²) in [5.41, 5.74) is 3.07. The minimum absolute atomic E-state index is 0.477. The first-order chi connectivity index (χ1) is 7.75. The van der Waals surface area contributed by atoms with Crippen LogP contribution in [0.4, 0.5) is 0 Å². The van der Waals surface area contributed by atoms with Gasteiger partial charge in [0.15, 0.2) is 0 Å². The van der Waals surface area contributed by atoms with Gasteiger partial charge in [-0.3, -0.25) is 10.1 Å². The van der Waals surface area contributed by atoms with E-state index in [1.54, 1.807) is 6.20 Å². The van der Waals surface area contributed by atoms with Crippen LogP contribution in [0.5, 0.6) is 0 Å². The first-order valence-electron chi connectivity index (χ1n) is 5.44. The van der Waals surface area contributed by atoms with Crippen molar-refractivity contribution in [3.63, 3.8) is 0 Å². The van der Waals surface area contributed by atoms with Gasteiger partial charge in [-0.25, -0.2) is 0 Å². The van der Waals surface area contributed by atoms with Gasteiger partial charge in [-0.1, -0.05) is 13.8 Å². The maximum absolute atomic E-state index is 4.26. The minimum atomic E-state index is 0.477. The number of hydrogen-bond donors (Lipinski definition) is 2. The Morgan fingerprint density at radius 2 is 2.31 bits per heavy atom. The van der Waals surface area contributed by atoms with Gasteiger partial charge in [-0.2, -0.15) is 5.10 Å². The molecule has 4 heteroatoms. The van der Waals surface area contributed by atoms with Gasteiger partial charge >= 0.3 is 0 Å². The summed E-state index contributed by atoms with van der Waals surface area (Å²) in [5, 5.41) is 10.6. The molecule has 2 rings (SSSR count). The van der Waals surface area contributed by atoms with E-state index >= 15 is 0 Å². The molecule has 0 aliphatic rings. The Labute approximate surface area is 95.1 Å². The molecule has 84 valence electrons. The molecule has 0 saturated carbocycles. The van der Waals surface area contributed by atoms with Crippen LogP contribution < -0.4 is 5.32 Å². The number of pyridine rings is 1. The first-order valence-corrected chi connectivity index (χ1v) is 5.44. The molecule has 2 heterocycles. The average molecular weight is 216 g/mol. The topological polar surface area (TPSA) is 53.6 Å². The minimum Gasteiger partial charge on any atom is -0.309 e. The smallest absolute Gasteiger partial charge is 0.0939 e. The highest BCUT2D eigenvalue weighted by atomic mass is 15.1. The fraction of sp³-hybridized carbons (Fsp3) is 0.333. The van der Waals surface area contributed by atoms with Crippen LogP contribution in [0.3, 0.4) is 0 Å². The molecule has 0 atom stereocenters. The van der Waals surface area contributed by atoms with Crippen molar-refractivity contribution < 1.29 is 0 Å². The van der Waals surface area contributed by atoms with Crippen molar-refractivity contribution in [3.8, 4) is 11.3 Å². The van der Waals surface area contributed by atoms with Crippen molar-refractivity contribution in [2.45, 2.75) is 26.4 Å². The zero-order valence-electron chi connectivity index (χ0n) is 9.57. The summed E-state index contributed by atoms with van der Waals surface area (Å²) in [5.74, 6) is 0. The predicted molar refractivity (Wildman–Crippen MR) is 63.8 cm³/mol. The van der Waals surface area contributed by atoms with Crippen molar-refractivity contribution in [3.05, 3.63) is 36.3 Å². The highest BCUT2D eigenvalue weighted by molar-refractivity contribution is 5.57. The normalized spacial score (nSPS) is 10.9. The number of rotatable bonds is 4. The Bertz CT molecular complexity index is 433. The Morgan fingerprint density at radius 3 is 3.00 bits per heavy atom. The molecule has 16 heavy (non-hydrogen) atoms. The summed E-state index contributed by atoms with van der Waals surface area (Å²) in [4.78, 5) is 4.08. The van der Waals surface area contributed by atoms with Crippen LogP contribution in [-0.4, -0.2) is 21.2 Å². The second kappa shape index (κ2) is 4.90. The van der Waals surface area contributed by atoms with Crippen molar-refractivity contribution in [1.29, 1.82) is 0 Å². The first kappa shape index (κ1) is 10.8. The number of hydrogen-bond acceptors (Lipinski definition) is 3. The number of nitrogens with zero attached hydrogens (tertiary/aromatic N) is 2. The molecule has 0 bridgehead atoms. The molecule has 2 aromatic rings. The second-order valence-corrected chi connectivity index (χ2v) is 4.06. The van der Waals surface area contributed by atoms with Crippen molar-refractivity contribution in [2.24, 2.45) is 0 Å². The second-order valence-electron chi connectivity index (χ2n) is 4.06. The molecule has 0 fully saturated rings. The highest BCUT2D eigenvalue weighted by Gasteiger charge is 2.03. The fourth-order valence-electron chi connectivity index (χ4n) is 1.43. The molecule has 0 saturated heterocycles. The van der Waals surface area contributed by atoms with Crippen LogP contribution >= 0.6 is 0 Å². The number of aromatic nitrogens is 3. The Kier molecular flexibility index (Phi) is 3.31. The zero-order chi connectivity index (χ0) is 11.4. The van der Waals surface area contributed by atoms with Crippen LogP contribution in [0.25, 0.3) is 11.3 Å². The van der Waals surface area contributed by atoms with E-state index < -0.39 is 0 Å². The van der Waals surface area contributed by atoms with Gasteiger partial charge in [0.05, 0.1) is 5.69 Å². The SMILES string of the molecule is CC(C)NCc1cc(-c2cccnc2)n[nH]1. The standard InChI is InChI=1S/C12H16N4/c1-9(2)14-8-11-6-12(16-15-11)10-4-3-5-13-7-10/h3-7,9,14H,8H2,1-2H3,(H,15,16). The Balaban J connectivity index is 2.08. The fourth-order valence-corrected chi connectivity index (χ4v) is 1.43. The van der Waals surface area contributed by atoms with E-state index in [4.69, 9.17) is 0 Å². The monoisotopic (exact) mass is 216 g/mol. The van der Waals surface area contributed by atoms with Crippen LogP contribution in [0, 0.1) is 0 Å². The summed E-state index contributed by atoms with van der Waals surface area (Å²) in [6.45, 7) is 5.06. The molecular formula is C12H16N4. The zero-order valence-corrected chi connectivity index (χ0v) is 9.57. The van der Waals surface area contributed by atoms with E-state index in [0.29, 0.717) is 6.04 Å². The van der Waals surface area contributed by atoms with Crippen LogP contribution in [0.15, 0.2) is 30.6 Å². The van der Waals surface area contributed by atoms with E-state index in [0.717, 1.165) is 23.5 Å². The van der Waals surface area contributed by atoms with Crippen molar-refractivity contribution >= 4 is 0 Å². The third-order valence-corrected chi connectivity index (χ3v) is 2.29. The molecule has 2 N–H and O–H groups in total. The van der Waals surface area contributed by atoms with Gasteiger partial charge in [0.2, 0.25) is 0 Å². The summed E-state index contributed by atoms with van der Waals surface area (Å²) in [6, 6.07) is 6.44. The average Bonchev–Trinajstić information content (AvgIpc) is 2.76. The van der Waals surface area contributed by atoms with Crippen LogP contribution in [0.1, 0.15) is 19.5 Å². The van der Waals surface area contributed by atoms with Crippen molar-refractivity contribution in [1.82, 2.24) is 20.5 Å². The lowest BCUT2D eigenvalue weighted by Gasteiger charge is -2.04. The largest absolute Gasteiger partial charge is 0.309 e. The molecule has 0 aliphatic heterocycles. The van der Waals surface area contributed by atoms with Gasteiger partial charge in [0.1, 0.15) is 0 Å². The number of aromatic amines is 1. The molecular weight excluding hydrogens is 200 g/mol. The van der Waals surface area contributed by atoms with Gasteiger partial charge in [-0.05, 0) is 18.2 Å². The lowest BCUT2D eigenvalue weighted by atomic mass is 10.2. The van der Waals surface area contributed by atoms with Gasteiger partial charge in [-0.15, -0.1) is 0 Å². The molecule has 0 spiro atoms. The maximum Gasteiger partial charge on any atom is 0.0939 e. The molecule has 2 aromatic heterocycles. The lowest BCUT2D eigenvalue weighted by Crippen LogP contribution is -2.21. The predicted octanol–water partition coefficient (Wildman–Crippen LogP) is 1.97. The summed E-state index contributed by atoms with van der Waals surface area (Å²) < 4.78 is 0. The van der Waals surface area contributed by atoms with Gasteiger partial charge < -0.3 is 5.32 Å². The third kappa shape index (κ3) is 2.67. The highest BCUT2D eigenvalue weighted by Crippen LogP contribution is 2.15. The number of H-pyrrole nitrogens is 1. The molecule has 4 nitrogen and oxygen atoms in total. The molecule has 0 amide bonds. The van der Waals surface area contributed by atoms with Gasteiger partial charge in [0.25, 0.3) is 0 Å². The van der Waals surface area contributed by atoms with E-state index in [1.165, 1.54) is 0 Å². The quantitative estimate of drug-likeness (QED) is 0.821. The van der Waals surface area contributed by atoms with Crippen molar-refractivity contribution in [2.75, 3.05) is 0 Å². The summed E-state index contributed by atoms with van der Waals surface area (Å²) >= 11 is 0.